The first-order chi connectivity index (χ1) is 14.1. The lowest BCUT2D eigenvalue weighted by atomic mass is 10.1. The first kappa shape index (κ1) is 19.6. The van der Waals surface area contributed by atoms with Gasteiger partial charge in [-0.15, -0.1) is 11.3 Å². The molecule has 29 heavy (non-hydrogen) atoms. The molecule has 0 atom stereocenters. The van der Waals surface area contributed by atoms with Gasteiger partial charge >= 0.3 is 6.09 Å². The van der Waals surface area contributed by atoms with Crippen molar-refractivity contribution in [2.75, 3.05) is 18.1 Å². The summed E-state index contributed by atoms with van der Waals surface area (Å²) < 4.78 is 12.2. The molecule has 0 spiro atoms. The van der Waals surface area contributed by atoms with Crippen LogP contribution in [0, 0.1) is 0 Å². The van der Waals surface area contributed by atoms with Crippen molar-refractivity contribution < 1.29 is 14.3 Å². The molecule has 0 bridgehead atoms. The largest absolute Gasteiger partial charge is 0.491 e. The van der Waals surface area contributed by atoms with E-state index in [-0.39, 0.29) is 12.0 Å². The van der Waals surface area contributed by atoms with Crippen LogP contribution in [0.25, 0.3) is 10.2 Å². The monoisotopic (exact) mass is 412 g/mol. The van der Waals surface area contributed by atoms with Gasteiger partial charge in [-0.05, 0) is 62.4 Å². The van der Waals surface area contributed by atoms with Crippen molar-refractivity contribution in [2.45, 2.75) is 39.2 Å². The summed E-state index contributed by atoms with van der Waals surface area (Å²) in [4.78, 5) is 21.6. The molecule has 0 aliphatic carbocycles. The average molecular weight is 413 g/mol. The number of hydrogen-bond donors (Lipinski definition) is 0. The lowest BCUT2D eigenvalue weighted by molar-refractivity contribution is 0.161. The summed E-state index contributed by atoms with van der Waals surface area (Å²) in [5, 5.41) is 5.56. The molecule has 3 aromatic rings. The Morgan fingerprint density at radius 2 is 1.86 bits per heavy atom. The molecule has 1 amide bonds. The Labute approximate surface area is 173 Å². The van der Waals surface area contributed by atoms with Crippen LogP contribution in [0.15, 0.2) is 42.0 Å². The number of nitrogens with zero attached hydrogens (tertiary/aromatic N) is 4. The summed E-state index contributed by atoms with van der Waals surface area (Å²) in [6, 6.07) is 9.40. The molecule has 0 unspecified atom stereocenters. The Bertz CT molecular complexity index is 967. The zero-order valence-electron chi connectivity index (χ0n) is 16.6. The number of fused-ring (bicyclic) bond motifs is 1. The summed E-state index contributed by atoms with van der Waals surface area (Å²) in [6.45, 7) is 5.58. The molecule has 8 heteroatoms. The molecule has 0 saturated carbocycles. The lowest BCUT2D eigenvalue weighted by Crippen LogP contribution is -2.50. The minimum absolute atomic E-state index is 0.0926. The molecule has 1 saturated heterocycles. The number of benzene rings is 1. The van der Waals surface area contributed by atoms with Gasteiger partial charge in [0.25, 0.3) is 0 Å². The van der Waals surface area contributed by atoms with Crippen LogP contribution in [0.5, 0.6) is 11.6 Å². The normalized spacial score (nSPS) is 14.9. The molecule has 1 aliphatic rings. The van der Waals surface area contributed by atoms with Crippen LogP contribution in [-0.4, -0.2) is 40.3 Å². The smallest absolute Gasteiger partial charge is 0.436 e. The summed E-state index contributed by atoms with van der Waals surface area (Å²) >= 11 is 1.46. The fourth-order valence-corrected chi connectivity index (χ4v) is 4.13. The quantitative estimate of drug-likeness (QED) is 0.595. The van der Waals surface area contributed by atoms with Crippen molar-refractivity contribution in [1.82, 2.24) is 15.0 Å². The van der Waals surface area contributed by atoms with Gasteiger partial charge < -0.3 is 9.47 Å². The number of ether oxygens (including phenoxy) is 2. The second-order valence-corrected chi connectivity index (χ2v) is 8.08. The van der Waals surface area contributed by atoms with Gasteiger partial charge in [0.2, 0.25) is 5.88 Å². The number of amides is 1. The number of anilines is 1. The highest BCUT2D eigenvalue weighted by Crippen LogP contribution is 2.29. The molecule has 7 nitrogen and oxygen atoms in total. The van der Waals surface area contributed by atoms with E-state index in [1.807, 2.05) is 54.6 Å². The molecule has 1 fully saturated rings. The van der Waals surface area contributed by atoms with Crippen molar-refractivity contribution in [3.05, 3.63) is 42.0 Å². The van der Waals surface area contributed by atoms with E-state index in [2.05, 4.69) is 9.97 Å². The number of hydrogen-bond acceptors (Lipinski definition) is 7. The minimum atomic E-state index is -0.474. The van der Waals surface area contributed by atoms with Crippen LogP contribution in [0.4, 0.5) is 10.5 Å². The van der Waals surface area contributed by atoms with Gasteiger partial charge in [-0.3, -0.25) is 0 Å². The lowest BCUT2D eigenvalue weighted by Gasteiger charge is -2.36. The fraction of sp³-hybridized carbons (Fsp3) is 0.381. The zero-order valence-corrected chi connectivity index (χ0v) is 17.4. The van der Waals surface area contributed by atoms with Gasteiger partial charge in [-0.1, -0.05) is 6.42 Å². The molecule has 3 heterocycles. The third-order valence-corrected chi connectivity index (χ3v) is 5.53. The van der Waals surface area contributed by atoms with E-state index in [1.54, 1.807) is 5.01 Å². The highest BCUT2D eigenvalue weighted by Gasteiger charge is 2.28. The molecule has 152 valence electrons. The van der Waals surface area contributed by atoms with Gasteiger partial charge in [-0.2, -0.15) is 0 Å². The molecule has 2 aromatic heterocycles. The maximum Gasteiger partial charge on any atom is 0.436 e. The van der Waals surface area contributed by atoms with Crippen LogP contribution in [-0.2, 0) is 0 Å². The van der Waals surface area contributed by atoms with Crippen LogP contribution < -0.4 is 14.5 Å². The van der Waals surface area contributed by atoms with E-state index in [0.29, 0.717) is 0 Å². The van der Waals surface area contributed by atoms with Crippen molar-refractivity contribution in [3.8, 4) is 11.6 Å². The predicted octanol–water partition coefficient (Wildman–Crippen LogP) is 4.88. The highest BCUT2D eigenvalue weighted by molar-refractivity contribution is 7.17. The van der Waals surface area contributed by atoms with E-state index in [4.69, 9.17) is 9.47 Å². The van der Waals surface area contributed by atoms with Crippen molar-refractivity contribution in [1.29, 1.82) is 0 Å². The third-order valence-electron chi connectivity index (χ3n) is 4.64. The van der Waals surface area contributed by atoms with Crippen molar-refractivity contribution in [2.24, 2.45) is 0 Å². The Balaban J connectivity index is 1.61. The van der Waals surface area contributed by atoms with Gasteiger partial charge in [0.1, 0.15) is 16.8 Å². The second-order valence-electron chi connectivity index (χ2n) is 7.17. The van der Waals surface area contributed by atoms with Crippen LogP contribution in [0.2, 0.25) is 0 Å². The SMILES string of the molecule is CC(C)Oc1ccc(N(C(=O)Oc2ncnc3ccsc23)N2CCCCC2)cc1. The number of piperidine rings is 1. The number of carbonyl (C=O) groups is 1. The first-order valence-corrected chi connectivity index (χ1v) is 10.7. The van der Waals surface area contributed by atoms with Crippen LogP contribution in [0.3, 0.4) is 0 Å². The van der Waals surface area contributed by atoms with Gasteiger partial charge in [0, 0.05) is 13.1 Å². The van der Waals surface area contributed by atoms with Crippen molar-refractivity contribution in [3.63, 3.8) is 0 Å². The summed E-state index contributed by atoms with van der Waals surface area (Å²) in [5.74, 6) is 1.06. The molecular formula is C21H24N4O3S. The molecular weight excluding hydrogens is 388 g/mol. The summed E-state index contributed by atoms with van der Waals surface area (Å²) in [7, 11) is 0. The topological polar surface area (TPSA) is 67.8 Å². The van der Waals surface area contributed by atoms with E-state index in [1.165, 1.54) is 24.1 Å². The average Bonchev–Trinajstić information content (AvgIpc) is 3.20. The highest BCUT2D eigenvalue weighted by atomic mass is 32.1. The Morgan fingerprint density at radius 1 is 1.10 bits per heavy atom. The minimum Gasteiger partial charge on any atom is -0.491 e. The van der Waals surface area contributed by atoms with Gasteiger partial charge in [-0.25, -0.2) is 24.8 Å². The van der Waals surface area contributed by atoms with Crippen molar-refractivity contribution >= 4 is 33.3 Å². The third kappa shape index (κ3) is 4.49. The number of carbonyl (C=O) groups excluding carboxylic acids is 1. The standard InChI is InChI=1S/C21H24N4O3S/c1-15(2)27-17-8-6-16(7-9-17)25(24-11-4-3-5-12-24)21(26)28-20-19-18(10-13-29-19)22-14-23-20/h6-10,13-15H,3-5,11-12H2,1-2H3. The van der Waals surface area contributed by atoms with E-state index in [9.17, 15) is 4.79 Å². The maximum absolute atomic E-state index is 13.2. The van der Waals surface area contributed by atoms with E-state index in [0.717, 1.165) is 47.6 Å². The Morgan fingerprint density at radius 3 is 2.59 bits per heavy atom. The zero-order chi connectivity index (χ0) is 20.2. The van der Waals surface area contributed by atoms with E-state index >= 15 is 0 Å². The molecule has 0 N–H and O–H groups in total. The maximum atomic E-state index is 13.2. The van der Waals surface area contributed by atoms with E-state index < -0.39 is 6.09 Å². The predicted molar refractivity (Wildman–Crippen MR) is 114 cm³/mol. The molecule has 0 radical (unpaired) electrons. The first-order valence-electron chi connectivity index (χ1n) is 9.83. The second kappa shape index (κ2) is 8.75. The molecule has 4 rings (SSSR count). The van der Waals surface area contributed by atoms with Crippen LogP contribution >= 0.6 is 11.3 Å². The van der Waals surface area contributed by atoms with Crippen LogP contribution in [0.1, 0.15) is 33.1 Å². The summed E-state index contributed by atoms with van der Waals surface area (Å²) in [5.41, 5.74) is 1.51. The Hall–Kier alpha value is -2.71. The van der Waals surface area contributed by atoms with Gasteiger partial charge in [0.05, 0.1) is 17.3 Å². The number of thiophene rings is 1. The molecule has 1 aromatic carbocycles. The number of rotatable bonds is 5. The number of hydrazine groups is 1. The number of aromatic nitrogens is 2. The Kier molecular flexibility index (Phi) is 5.92. The van der Waals surface area contributed by atoms with Gasteiger partial charge in [0.15, 0.2) is 0 Å². The fourth-order valence-electron chi connectivity index (χ4n) is 3.36. The summed E-state index contributed by atoms with van der Waals surface area (Å²) in [6.07, 6.45) is 4.29. The molecule has 1 aliphatic heterocycles.